The Bertz CT molecular complexity index is 504. The Kier molecular flexibility index (Phi) is 3.59. The maximum atomic E-state index is 10.5. The highest BCUT2D eigenvalue weighted by atomic mass is 35.5. The average molecular weight is 272 g/mol. The van der Waals surface area contributed by atoms with Gasteiger partial charge >= 0.3 is 0 Å². The summed E-state index contributed by atoms with van der Waals surface area (Å²) in [5, 5.41) is 3.79. The number of rotatable bonds is 3. The molecule has 0 radical (unpaired) electrons. The molecule has 2 nitrogen and oxygen atoms in total. The Balaban J connectivity index is 2.29. The van der Waals surface area contributed by atoms with Gasteiger partial charge in [0.2, 0.25) is 0 Å². The fraction of sp³-hybridized carbons (Fsp3) is 0.0909. The van der Waals surface area contributed by atoms with Crippen LogP contribution in [0.1, 0.15) is 21.1 Å². The molecule has 2 aromatic rings. The fourth-order valence-corrected chi connectivity index (χ4v) is 2.59. The van der Waals surface area contributed by atoms with E-state index in [0.717, 1.165) is 16.9 Å². The minimum Gasteiger partial charge on any atom is -0.296 e. The Morgan fingerprint density at radius 1 is 1.31 bits per heavy atom. The van der Waals surface area contributed by atoms with Gasteiger partial charge in [0, 0.05) is 21.8 Å². The van der Waals surface area contributed by atoms with Gasteiger partial charge in [-0.25, -0.2) is 4.98 Å². The van der Waals surface area contributed by atoms with Gasteiger partial charge in [-0.15, -0.1) is 11.3 Å². The third-order valence-corrected chi connectivity index (χ3v) is 3.66. The van der Waals surface area contributed by atoms with E-state index in [1.54, 1.807) is 23.6 Å². The summed E-state index contributed by atoms with van der Waals surface area (Å²) in [7, 11) is 0. The predicted octanol–water partition coefficient (Wildman–Crippen LogP) is 3.85. The van der Waals surface area contributed by atoms with Gasteiger partial charge in [-0.3, -0.25) is 4.79 Å². The van der Waals surface area contributed by atoms with Crippen molar-refractivity contribution in [1.29, 1.82) is 0 Å². The first-order valence-corrected chi connectivity index (χ1v) is 6.16. The van der Waals surface area contributed by atoms with E-state index in [1.807, 2.05) is 0 Å². The lowest BCUT2D eigenvalue weighted by Gasteiger charge is -2.03. The first-order valence-electron chi connectivity index (χ1n) is 4.53. The molecule has 0 saturated carbocycles. The largest absolute Gasteiger partial charge is 0.296 e. The van der Waals surface area contributed by atoms with Crippen molar-refractivity contribution in [1.82, 2.24) is 4.98 Å². The van der Waals surface area contributed by atoms with Crippen molar-refractivity contribution in [2.75, 3.05) is 0 Å². The maximum absolute atomic E-state index is 10.5. The second-order valence-electron chi connectivity index (χ2n) is 3.16. The summed E-state index contributed by atoms with van der Waals surface area (Å²) < 4.78 is 0. The van der Waals surface area contributed by atoms with Gasteiger partial charge in [-0.2, -0.15) is 0 Å². The van der Waals surface area contributed by atoms with Crippen molar-refractivity contribution >= 4 is 40.8 Å². The Labute approximate surface area is 107 Å². The molecule has 0 saturated heterocycles. The summed E-state index contributed by atoms with van der Waals surface area (Å²) in [4.78, 5) is 14.6. The third-order valence-electron chi connectivity index (χ3n) is 2.08. The molecule has 0 fully saturated rings. The molecule has 82 valence electrons. The number of hydrogen-bond acceptors (Lipinski definition) is 3. The molecule has 1 heterocycles. The van der Waals surface area contributed by atoms with E-state index in [9.17, 15) is 4.79 Å². The second kappa shape index (κ2) is 4.95. The zero-order chi connectivity index (χ0) is 11.5. The standard InChI is InChI=1S/C11H7Cl2NOS/c12-9-2-1-3-10(13)8(9)4-11-14-7(5-15)6-16-11/h1-3,5-6H,4H2. The van der Waals surface area contributed by atoms with Gasteiger partial charge in [0.25, 0.3) is 0 Å². The number of thiazole rings is 1. The predicted molar refractivity (Wildman–Crippen MR) is 66.8 cm³/mol. The SMILES string of the molecule is O=Cc1csc(Cc2c(Cl)cccc2Cl)n1. The van der Waals surface area contributed by atoms with Crippen LogP contribution in [-0.2, 0) is 6.42 Å². The van der Waals surface area contributed by atoms with Crippen molar-refractivity contribution in [3.8, 4) is 0 Å². The molecular formula is C11H7Cl2NOS. The van der Waals surface area contributed by atoms with Gasteiger partial charge in [0.15, 0.2) is 6.29 Å². The smallest absolute Gasteiger partial charge is 0.169 e. The van der Waals surface area contributed by atoms with Crippen LogP contribution in [0.5, 0.6) is 0 Å². The van der Waals surface area contributed by atoms with Crippen LogP contribution in [0.3, 0.4) is 0 Å². The summed E-state index contributed by atoms with van der Waals surface area (Å²) in [5.41, 5.74) is 1.29. The molecule has 1 aromatic carbocycles. The topological polar surface area (TPSA) is 30.0 Å². The van der Waals surface area contributed by atoms with Gasteiger partial charge < -0.3 is 0 Å². The molecular weight excluding hydrogens is 265 g/mol. The van der Waals surface area contributed by atoms with E-state index in [-0.39, 0.29) is 0 Å². The van der Waals surface area contributed by atoms with Gasteiger partial charge in [0.05, 0.1) is 5.01 Å². The van der Waals surface area contributed by atoms with E-state index in [4.69, 9.17) is 23.2 Å². The zero-order valence-electron chi connectivity index (χ0n) is 8.11. The number of carbonyl (C=O) groups excluding carboxylic acids is 1. The Morgan fingerprint density at radius 2 is 2.00 bits per heavy atom. The number of halogens is 2. The average Bonchev–Trinajstić information content (AvgIpc) is 2.71. The van der Waals surface area contributed by atoms with Crippen LogP contribution in [-0.4, -0.2) is 11.3 Å². The normalized spacial score (nSPS) is 10.4. The molecule has 2 rings (SSSR count). The molecule has 1 aromatic heterocycles. The number of nitrogens with zero attached hydrogens (tertiary/aromatic N) is 1. The van der Waals surface area contributed by atoms with Crippen molar-refractivity contribution in [3.63, 3.8) is 0 Å². The minimum atomic E-state index is 0.447. The van der Waals surface area contributed by atoms with Gasteiger partial charge in [0.1, 0.15) is 5.69 Å². The lowest BCUT2D eigenvalue weighted by molar-refractivity contribution is 0.111. The van der Waals surface area contributed by atoms with Crippen LogP contribution in [0.15, 0.2) is 23.6 Å². The maximum Gasteiger partial charge on any atom is 0.169 e. The lowest BCUT2D eigenvalue weighted by Crippen LogP contribution is -1.91. The Hall–Kier alpha value is -0.900. The number of aldehydes is 1. The van der Waals surface area contributed by atoms with E-state index in [2.05, 4.69) is 4.98 Å². The third kappa shape index (κ3) is 2.43. The molecule has 0 atom stereocenters. The summed E-state index contributed by atoms with van der Waals surface area (Å²) in [6.07, 6.45) is 1.28. The molecule has 0 spiro atoms. The molecule has 5 heteroatoms. The molecule has 0 aliphatic rings. The molecule has 0 aliphatic heterocycles. The number of aromatic nitrogens is 1. The lowest BCUT2D eigenvalue weighted by atomic mass is 10.1. The second-order valence-corrected chi connectivity index (χ2v) is 4.92. The van der Waals surface area contributed by atoms with E-state index in [1.165, 1.54) is 11.3 Å². The van der Waals surface area contributed by atoms with Crippen molar-refractivity contribution in [3.05, 3.63) is 49.9 Å². The van der Waals surface area contributed by atoms with Crippen LogP contribution in [0, 0.1) is 0 Å². The molecule has 0 N–H and O–H groups in total. The highest BCUT2D eigenvalue weighted by molar-refractivity contribution is 7.09. The highest BCUT2D eigenvalue weighted by Crippen LogP contribution is 2.27. The molecule has 16 heavy (non-hydrogen) atoms. The van der Waals surface area contributed by atoms with Crippen molar-refractivity contribution in [2.45, 2.75) is 6.42 Å². The Morgan fingerprint density at radius 3 is 2.56 bits per heavy atom. The summed E-state index contributed by atoms with van der Waals surface area (Å²) in [6, 6.07) is 5.38. The number of carbonyl (C=O) groups is 1. The molecule has 0 amide bonds. The summed E-state index contributed by atoms with van der Waals surface area (Å²) in [6.45, 7) is 0. The van der Waals surface area contributed by atoms with Crippen LogP contribution < -0.4 is 0 Å². The molecule has 0 bridgehead atoms. The van der Waals surface area contributed by atoms with Crippen LogP contribution in [0.25, 0.3) is 0 Å². The summed E-state index contributed by atoms with van der Waals surface area (Å²) in [5.74, 6) is 0. The fourth-order valence-electron chi connectivity index (χ4n) is 1.31. The molecule has 0 aliphatic carbocycles. The first-order chi connectivity index (χ1) is 7.70. The summed E-state index contributed by atoms with van der Waals surface area (Å²) >= 11 is 13.5. The quantitative estimate of drug-likeness (QED) is 0.794. The van der Waals surface area contributed by atoms with E-state index in [0.29, 0.717) is 22.2 Å². The monoisotopic (exact) mass is 271 g/mol. The van der Waals surface area contributed by atoms with Crippen LogP contribution >= 0.6 is 34.5 Å². The van der Waals surface area contributed by atoms with Crippen LogP contribution in [0.4, 0.5) is 0 Å². The van der Waals surface area contributed by atoms with E-state index >= 15 is 0 Å². The number of benzene rings is 1. The van der Waals surface area contributed by atoms with E-state index < -0.39 is 0 Å². The first kappa shape index (κ1) is 11.6. The van der Waals surface area contributed by atoms with Crippen LogP contribution in [0.2, 0.25) is 10.0 Å². The van der Waals surface area contributed by atoms with Crippen molar-refractivity contribution in [2.24, 2.45) is 0 Å². The molecule has 0 unspecified atom stereocenters. The zero-order valence-corrected chi connectivity index (χ0v) is 10.4. The highest BCUT2D eigenvalue weighted by Gasteiger charge is 2.09. The number of hydrogen-bond donors (Lipinski definition) is 0. The van der Waals surface area contributed by atoms with Crippen molar-refractivity contribution < 1.29 is 4.79 Å². The van der Waals surface area contributed by atoms with Gasteiger partial charge in [-0.05, 0) is 17.7 Å². The minimum absolute atomic E-state index is 0.447. The van der Waals surface area contributed by atoms with Gasteiger partial charge in [-0.1, -0.05) is 29.3 Å².